The lowest BCUT2D eigenvalue weighted by atomic mass is 10.2. The van der Waals surface area contributed by atoms with Gasteiger partial charge in [-0.1, -0.05) is 34.8 Å². The zero-order chi connectivity index (χ0) is 12.3. The number of ether oxygens (including phenoxy) is 1. The number of halogens is 1. The van der Waals surface area contributed by atoms with Crippen LogP contribution in [0.2, 0.25) is 0 Å². The zero-order valence-corrected chi connectivity index (χ0v) is 12.2. The maximum atomic E-state index is 5.61. The Morgan fingerprint density at radius 3 is 2.71 bits per heavy atom. The van der Waals surface area contributed by atoms with Gasteiger partial charge in [-0.15, -0.1) is 0 Å². The smallest absolute Gasteiger partial charge is 0.0521 e. The highest BCUT2D eigenvalue weighted by molar-refractivity contribution is 9.09. The van der Waals surface area contributed by atoms with E-state index >= 15 is 0 Å². The third-order valence-corrected chi connectivity index (χ3v) is 3.18. The number of alkyl halides is 1. The first-order valence-electron chi connectivity index (χ1n) is 6.39. The Kier molecular flexibility index (Phi) is 8.28. The molecule has 3 heteroatoms. The van der Waals surface area contributed by atoms with Crippen LogP contribution in [0.15, 0.2) is 18.2 Å². The lowest BCUT2D eigenvalue weighted by Crippen LogP contribution is -2.02. The summed E-state index contributed by atoms with van der Waals surface area (Å²) in [5, 5.41) is 1.12. The van der Waals surface area contributed by atoms with Crippen LogP contribution in [0.4, 0.5) is 0 Å². The minimum absolute atomic E-state index is 0.787. The molecule has 17 heavy (non-hydrogen) atoms. The second-order valence-electron chi connectivity index (χ2n) is 4.24. The Morgan fingerprint density at radius 1 is 1.12 bits per heavy atom. The average Bonchev–Trinajstić information content (AvgIpc) is 2.33. The molecular formula is C14H22BrNO. The van der Waals surface area contributed by atoms with Crippen molar-refractivity contribution < 1.29 is 4.74 Å². The summed E-state index contributed by atoms with van der Waals surface area (Å²) in [5.74, 6) is 0. The molecule has 0 spiro atoms. The molecule has 0 unspecified atom stereocenters. The number of hydrogen-bond acceptors (Lipinski definition) is 2. The summed E-state index contributed by atoms with van der Waals surface area (Å²) in [4.78, 5) is 4.45. The summed E-state index contributed by atoms with van der Waals surface area (Å²) in [6, 6.07) is 6.14. The monoisotopic (exact) mass is 299 g/mol. The highest BCUT2D eigenvalue weighted by Gasteiger charge is 1.95. The van der Waals surface area contributed by atoms with Crippen LogP contribution in [0.1, 0.15) is 37.1 Å². The van der Waals surface area contributed by atoms with Crippen LogP contribution < -0.4 is 0 Å². The van der Waals surface area contributed by atoms with Gasteiger partial charge in [-0.05, 0) is 31.9 Å². The molecule has 1 heterocycles. The van der Waals surface area contributed by atoms with Gasteiger partial charge in [0.2, 0.25) is 0 Å². The molecule has 0 atom stereocenters. The lowest BCUT2D eigenvalue weighted by molar-refractivity contribution is 0.132. The van der Waals surface area contributed by atoms with E-state index in [1.165, 1.54) is 25.7 Å². The molecule has 0 saturated carbocycles. The van der Waals surface area contributed by atoms with Gasteiger partial charge in [-0.3, -0.25) is 4.98 Å². The Morgan fingerprint density at radius 2 is 1.94 bits per heavy atom. The largest absolute Gasteiger partial charge is 0.381 e. The average molecular weight is 300 g/mol. The Hall–Kier alpha value is -0.410. The van der Waals surface area contributed by atoms with Crippen LogP contribution >= 0.6 is 15.9 Å². The van der Waals surface area contributed by atoms with Gasteiger partial charge in [0.1, 0.15) is 0 Å². The van der Waals surface area contributed by atoms with E-state index in [1.807, 2.05) is 13.0 Å². The lowest BCUT2D eigenvalue weighted by Gasteiger charge is -2.04. The van der Waals surface area contributed by atoms with Crippen LogP contribution in [-0.4, -0.2) is 23.5 Å². The molecule has 0 aliphatic rings. The van der Waals surface area contributed by atoms with Crippen molar-refractivity contribution in [2.24, 2.45) is 0 Å². The number of aromatic nitrogens is 1. The molecule has 0 aromatic carbocycles. The first-order chi connectivity index (χ1) is 8.33. The fourth-order valence-electron chi connectivity index (χ4n) is 1.67. The fraction of sp³-hybridized carbons (Fsp3) is 0.643. The summed E-state index contributed by atoms with van der Waals surface area (Å²) in [5.41, 5.74) is 2.21. The van der Waals surface area contributed by atoms with Crippen molar-refractivity contribution in [2.45, 2.75) is 39.0 Å². The number of nitrogens with zero attached hydrogens (tertiary/aromatic N) is 1. The Bertz CT molecular complexity index is 304. The van der Waals surface area contributed by atoms with Crippen LogP contribution in [0, 0.1) is 6.92 Å². The number of pyridine rings is 1. The summed E-state index contributed by atoms with van der Waals surface area (Å²) < 4.78 is 5.61. The van der Waals surface area contributed by atoms with Gasteiger partial charge in [0, 0.05) is 29.7 Å². The second-order valence-corrected chi connectivity index (χ2v) is 5.03. The van der Waals surface area contributed by atoms with Gasteiger partial charge in [0.05, 0.1) is 6.61 Å². The van der Waals surface area contributed by atoms with E-state index in [2.05, 4.69) is 33.0 Å². The molecule has 0 aliphatic carbocycles. The summed E-state index contributed by atoms with van der Waals surface area (Å²) in [6.07, 6.45) is 5.94. The number of unbranched alkanes of at least 4 members (excludes halogenated alkanes) is 3. The predicted octanol–water partition coefficient (Wildman–Crippen LogP) is 3.90. The van der Waals surface area contributed by atoms with Crippen LogP contribution in [0.3, 0.4) is 0 Å². The number of hydrogen-bond donors (Lipinski definition) is 0. The topological polar surface area (TPSA) is 22.1 Å². The molecule has 96 valence electrons. The molecule has 0 amide bonds. The van der Waals surface area contributed by atoms with Gasteiger partial charge in [0.15, 0.2) is 0 Å². The second kappa shape index (κ2) is 9.60. The number of aryl methyl sites for hydroxylation is 1. The van der Waals surface area contributed by atoms with Crippen molar-refractivity contribution in [3.63, 3.8) is 0 Å². The maximum Gasteiger partial charge on any atom is 0.0521 e. The van der Waals surface area contributed by atoms with E-state index in [-0.39, 0.29) is 0 Å². The van der Waals surface area contributed by atoms with E-state index in [0.29, 0.717) is 0 Å². The van der Waals surface area contributed by atoms with E-state index in [4.69, 9.17) is 4.74 Å². The summed E-state index contributed by atoms with van der Waals surface area (Å²) in [7, 11) is 0. The quantitative estimate of drug-likeness (QED) is 0.509. The third-order valence-electron chi connectivity index (χ3n) is 2.62. The molecule has 0 aliphatic heterocycles. The van der Waals surface area contributed by atoms with Crippen LogP contribution in [0.5, 0.6) is 0 Å². The molecule has 1 aromatic heterocycles. The Labute approximate surface area is 113 Å². The SMILES string of the molecule is Cc1cccc(CCOCCCCCCBr)n1. The Balaban J connectivity index is 1.97. The molecule has 0 radical (unpaired) electrons. The van der Waals surface area contributed by atoms with Crippen molar-refractivity contribution in [3.8, 4) is 0 Å². The minimum Gasteiger partial charge on any atom is -0.381 e. The molecule has 0 fully saturated rings. The zero-order valence-electron chi connectivity index (χ0n) is 10.6. The first kappa shape index (κ1) is 14.7. The summed E-state index contributed by atoms with van der Waals surface area (Å²) in [6.45, 7) is 3.69. The molecule has 0 N–H and O–H groups in total. The third kappa shape index (κ3) is 7.50. The number of rotatable bonds is 9. The predicted molar refractivity (Wildman–Crippen MR) is 75.8 cm³/mol. The molecule has 0 bridgehead atoms. The van der Waals surface area contributed by atoms with Crippen molar-refractivity contribution >= 4 is 15.9 Å². The van der Waals surface area contributed by atoms with Gasteiger partial charge in [-0.2, -0.15) is 0 Å². The normalized spacial score (nSPS) is 10.7. The minimum atomic E-state index is 0.787. The molecule has 1 aromatic rings. The van der Waals surface area contributed by atoms with Crippen molar-refractivity contribution in [1.29, 1.82) is 0 Å². The van der Waals surface area contributed by atoms with Gasteiger partial charge < -0.3 is 4.74 Å². The van der Waals surface area contributed by atoms with Crippen molar-refractivity contribution in [2.75, 3.05) is 18.5 Å². The maximum absolute atomic E-state index is 5.61. The van der Waals surface area contributed by atoms with Gasteiger partial charge in [0.25, 0.3) is 0 Å². The van der Waals surface area contributed by atoms with Crippen molar-refractivity contribution in [3.05, 3.63) is 29.6 Å². The highest BCUT2D eigenvalue weighted by atomic mass is 79.9. The molecule has 0 saturated heterocycles. The highest BCUT2D eigenvalue weighted by Crippen LogP contribution is 2.03. The molecule has 1 rings (SSSR count). The molecule has 2 nitrogen and oxygen atoms in total. The van der Waals surface area contributed by atoms with E-state index in [1.54, 1.807) is 0 Å². The van der Waals surface area contributed by atoms with Gasteiger partial charge >= 0.3 is 0 Å². The van der Waals surface area contributed by atoms with Crippen LogP contribution in [0.25, 0.3) is 0 Å². The summed E-state index contributed by atoms with van der Waals surface area (Å²) >= 11 is 3.44. The van der Waals surface area contributed by atoms with E-state index < -0.39 is 0 Å². The van der Waals surface area contributed by atoms with E-state index in [9.17, 15) is 0 Å². The van der Waals surface area contributed by atoms with Gasteiger partial charge in [-0.25, -0.2) is 0 Å². The first-order valence-corrected chi connectivity index (χ1v) is 7.51. The van der Waals surface area contributed by atoms with Crippen molar-refractivity contribution in [1.82, 2.24) is 4.98 Å². The fourth-order valence-corrected chi connectivity index (χ4v) is 2.07. The van der Waals surface area contributed by atoms with Crippen LogP contribution in [-0.2, 0) is 11.2 Å². The molecular weight excluding hydrogens is 278 g/mol. The van der Waals surface area contributed by atoms with E-state index in [0.717, 1.165) is 36.4 Å². The standard InChI is InChI=1S/C14H22BrNO/c1-13-7-6-8-14(16-13)9-12-17-11-5-3-2-4-10-15/h6-8H,2-5,9-12H2,1H3.